The molecule has 0 aromatic heterocycles. The highest BCUT2D eigenvalue weighted by Gasteiger charge is 2.19. The molecule has 0 heterocycles. The van der Waals surface area contributed by atoms with Gasteiger partial charge < -0.3 is 14.2 Å². The Bertz CT molecular complexity index is 1170. The van der Waals surface area contributed by atoms with E-state index in [2.05, 4.69) is 69.4 Å². The number of hydrogen-bond acceptors (Lipinski definition) is 6. The standard InChI is InChI=1S/C61H110O6/c1-4-7-10-13-16-19-21-23-24-25-26-27-28-29-30-31-32-33-34-35-36-38-39-42-45-48-51-54-60(63)66-57-58(56-65-59(62)53-50-47-44-41-18-15-12-9-6-3)67-61(64)55-52-49-46-43-40-37-22-20-17-14-11-8-5-2/h7,10,16,19,23-24,26-27,58H,4-6,8-9,11-15,17-18,20-22,25,28-57H2,1-3H3/b10-7-,19-16-,24-23-,27-26-. The van der Waals surface area contributed by atoms with Crippen LogP contribution in [0.5, 0.6) is 0 Å². The Labute approximate surface area is 416 Å². The number of carbonyl (C=O) groups excluding carboxylic acids is 3. The van der Waals surface area contributed by atoms with Crippen molar-refractivity contribution in [1.82, 2.24) is 0 Å². The van der Waals surface area contributed by atoms with Gasteiger partial charge in [-0.2, -0.15) is 0 Å². The summed E-state index contributed by atoms with van der Waals surface area (Å²) in [6, 6.07) is 0. The fourth-order valence-electron chi connectivity index (χ4n) is 8.49. The molecule has 6 nitrogen and oxygen atoms in total. The van der Waals surface area contributed by atoms with E-state index in [1.165, 1.54) is 180 Å². The third kappa shape index (κ3) is 54.2. The number of carbonyl (C=O) groups is 3. The zero-order chi connectivity index (χ0) is 48.6. The SMILES string of the molecule is CC/C=C\C/C=C\C/C=C\C/C=C\CCCCCCCCCCCCCCCCC(=O)OCC(COC(=O)CCCCCCCCCCC)OC(=O)CCCCCCCCCCCCCCC. The van der Waals surface area contributed by atoms with Gasteiger partial charge in [-0.25, -0.2) is 0 Å². The molecule has 0 rings (SSSR count). The maximum atomic E-state index is 12.8. The molecule has 0 aliphatic heterocycles. The van der Waals surface area contributed by atoms with Gasteiger partial charge in [0, 0.05) is 19.3 Å². The Morgan fingerprint density at radius 2 is 0.582 bits per heavy atom. The number of allylic oxidation sites excluding steroid dienone is 8. The molecule has 67 heavy (non-hydrogen) atoms. The van der Waals surface area contributed by atoms with Crippen LogP contribution in [0.3, 0.4) is 0 Å². The normalized spacial score (nSPS) is 12.3. The van der Waals surface area contributed by atoms with E-state index < -0.39 is 6.10 Å². The second-order valence-electron chi connectivity index (χ2n) is 19.5. The molecule has 0 bridgehead atoms. The predicted octanol–water partition coefficient (Wildman–Crippen LogP) is 19.4. The molecule has 0 aliphatic carbocycles. The molecule has 0 aliphatic rings. The van der Waals surface area contributed by atoms with E-state index in [0.717, 1.165) is 83.5 Å². The lowest BCUT2D eigenvalue weighted by Crippen LogP contribution is -2.30. The summed E-state index contributed by atoms with van der Waals surface area (Å²) in [6.45, 7) is 6.54. The Kier molecular flexibility index (Phi) is 53.8. The average Bonchev–Trinajstić information content (AvgIpc) is 3.33. The third-order valence-corrected chi connectivity index (χ3v) is 12.8. The van der Waals surface area contributed by atoms with E-state index in [1.807, 2.05) is 0 Å². The van der Waals surface area contributed by atoms with Gasteiger partial charge in [0.1, 0.15) is 13.2 Å². The first-order chi connectivity index (χ1) is 33.0. The molecule has 0 saturated carbocycles. The van der Waals surface area contributed by atoms with Gasteiger partial charge in [0.15, 0.2) is 6.10 Å². The van der Waals surface area contributed by atoms with Gasteiger partial charge in [0.2, 0.25) is 0 Å². The molecule has 0 aromatic rings. The molecule has 0 fully saturated rings. The summed E-state index contributed by atoms with van der Waals surface area (Å²) >= 11 is 0. The van der Waals surface area contributed by atoms with Crippen LogP contribution >= 0.6 is 0 Å². The van der Waals surface area contributed by atoms with Crippen molar-refractivity contribution in [3.8, 4) is 0 Å². The van der Waals surface area contributed by atoms with Crippen LogP contribution < -0.4 is 0 Å². The van der Waals surface area contributed by atoms with Gasteiger partial charge in [0.05, 0.1) is 0 Å². The quantitative estimate of drug-likeness (QED) is 0.0262. The minimum atomic E-state index is -0.766. The molecule has 0 spiro atoms. The lowest BCUT2D eigenvalue weighted by Gasteiger charge is -2.18. The Balaban J connectivity index is 4.12. The van der Waals surface area contributed by atoms with Crippen molar-refractivity contribution in [2.75, 3.05) is 13.2 Å². The van der Waals surface area contributed by atoms with Crippen LogP contribution in [-0.2, 0) is 28.6 Å². The molecule has 0 amide bonds. The van der Waals surface area contributed by atoms with Gasteiger partial charge in [-0.3, -0.25) is 14.4 Å². The number of rotatable bonds is 53. The lowest BCUT2D eigenvalue weighted by molar-refractivity contribution is -0.167. The van der Waals surface area contributed by atoms with Gasteiger partial charge in [-0.15, -0.1) is 0 Å². The molecule has 0 radical (unpaired) electrons. The van der Waals surface area contributed by atoms with Crippen LogP contribution in [0.2, 0.25) is 0 Å². The summed E-state index contributed by atoms with van der Waals surface area (Å²) in [4.78, 5) is 38.0. The van der Waals surface area contributed by atoms with Crippen molar-refractivity contribution in [2.24, 2.45) is 0 Å². The molecule has 0 saturated heterocycles. The highest BCUT2D eigenvalue weighted by Crippen LogP contribution is 2.17. The number of esters is 3. The van der Waals surface area contributed by atoms with Crippen LogP contribution in [0.15, 0.2) is 48.6 Å². The molecule has 0 N–H and O–H groups in total. The number of hydrogen-bond donors (Lipinski definition) is 0. The Morgan fingerprint density at radius 3 is 0.910 bits per heavy atom. The fourth-order valence-corrected chi connectivity index (χ4v) is 8.49. The lowest BCUT2D eigenvalue weighted by atomic mass is 10.0. The Hall–Kier alpha value is -2.63. The first kappa shape index (κ1) is 64.4. The summed E-state index contributed by atoms with van der Waals surface area (Å²) in [5.41, 5.74) is 0. The van der Waals surface area contributed by atoms with E-state index in [0.29, 0.717) is 19.3 Å². The summed E-state index contributed by atoms with van der Waals surface area (Å²) in [5.74, 6) is -0.856. The van der Waals surface area contributed by atoms with Crippen molar-refractivity contribution in [3.05, 3.63) is 48.6 Å². The van der Waals surface area contributed by atoms with Crippen molar-refractivity contribution < 1.29 is 28.6 Å². The minimum Gasteiger partial charge on any atom is -0.462 e. The van der Waals surface area contributed by atoms with Gasteiger partial charge in [-0.1, -0.05) is 275 Å². The largest absolute Gasteiger partial charge is 0.462 e. The molecule has 0 aromatic carbocycles. The van der Waals surface area contributed by atoms with Crippen LogP contribution in [0.1, 0.15) is 303 Å². The minimum absolute atomic E-state index is 0.0678. The molecule has 390 valence electrons. The van der Waals surface area contributed by atoms with E-state index in [9.17, 15) is 14.4 Å². The van der Waals surface area contributed by atoms with Crippen LogP contribution in [-0.4, -0.2) is 37.2 Å². The zero-order valence-electron chi connectivity index (χ0n) is 44.7. The van der Waals surface area contributed by atoms with Crippen LogP contribution in [0.4, 0.5) is 0 Å². The maximum Gasteiger partial charge on any atom is 0.306 e. The first-order valence-electron chi connectivity index (χ1n) is 29.1. The number of ether oxygens (including phenoxy) is 3. The van der Waals surface area contributed by atoms with Crippen molar-refractivity contribution in [2.45, 2.75) is 309 Å². The second kappa shape index (κ2) is 56.0. The Morgan fingerprint density at radius 1 is 0.313 bits per heavy atom. The van der Waals surface area contributed by atoms with E-state index in [1.54, 1.807) is 0 Å². The van der Waals surface area contributed by atoms with Crippen LogP contribution in [0, 0.1) is 0 Å². The maximum absolute atomic E-state index is 12.8. The van der Waals surface area contributed by atoms with Crippen LogP contribution in [0.25, 0.3) is 0 Å². The highest BCUT2D eigenvalue weighted by atomic mass is 16.6. The van der Waals surface area contributed by atoms with Crippen molar-refractivity contribution in [3.63, 3.8) is 0 Å². The summed E-state index contributed by atoms with van der Waals surface area (Å²) in [5, 5.41) is 0. The summed E-state index contributed by atoms with van der Waals surface area (Å²) < 4.78 is 16.8. The third-order valence-electron chi connectivity index (χ3n) is 12.8. The fraction of sp³-hybridized carbons (Fsp3) is 0.820. The second-order valence-corrected chi connectivity index (χ2v) is 19.5. The summed E-state index contributed by atoms with van der Waals surface area (Å²) in [6.07, 6.45) is 68.3. The molecule has 1 unspecified atom stereocenters. The van der Waals surface area contributed by atoms with E-state index >= 15 is 0 Å². The predicted molar refractivity (Wildman–Crippen MR) is 289 cm³/mol. The average molecular weight is 940 g/mol. The summed E-state index contributed by atoms with van der Waals surface area (Å²) in [7, 11) is 0. The molecule has 6 heteroatoms. The van der Waals surface area contributed by atoms with Crippen molar-refractivity contribution >= 4 is 17.9 Å². The monoisotopic (exact) mass is 939 g/mol. The highest BCUT2D eigenvalue weighted by molar-refractivity contribution is 5.71. The molecular weight excluding hydrogens is 829 g/mol. The van der Waals surface area contributed by atoms with E-state index in [-0.39, 0.29) is 31.1 Å². The van der Waals surface area contributed by atoms with Crippen molar-refractivity contribution in [1.29, 1.82) is 0 Å². The molecule has 1 atom stereocenters. The van der Waals surface area contributed by atoms with Gasteiger partial charge in [0.25, 0.3) is 0 Å². The zero-order valence-corrected chi connectivity index (χ0v) is 44.7. The molecular formula is C61H110O6. The van der Waals surface area contributed by atoms with Gasteiger partial charge >= 0.3 is 17.9 Å². The number of unbranched alkanes of at least 4 members (excludes halogenated alkanes) is 34. The topological polar surface area (TPSA) is 78.9 Å². The van der Waals surface area contributed by atoms with E-state index in [4.69, 9.17) is 14.2 Å². The first-order valence-corrected chi connectivity index (χ1v) is 29.1. The smallest absolute Gasteiger partial charge is 0.306 e. The van der Waals surface area contributed by atoms with Gasteiger partial charge in [-0.05, 0) is 57.8 Å².